The fourth-order valence-corrected chi connectivity index (χ4v) is 6.07. The Morgan fingerprint density at radius 3 is 1.49 bits per heavy atom. The minimum Gasteiger partial charge on any atom is -0.340 e. The lowest BCUT2D eigenvalue weighted by atomic mass is 10.2. The number of hydrogen-bond donors (Lipinski definition) is 4. The first-order valence-corrected chi connectivity index (χ1v) is 16.9. The van der Waals surface area contributed by atoms with Gasteiger partial charge in [-0.1, -0.05) is 36.4 Å². The van der Waals surface area contributed by atoms with E-state index in [1.807, 2.05) is 0 Å². The summed E-state index contributed by atoms with van der Waals surface area (Å²) in [6.07, 6.45) is 11.9. The molecular weight excluding hydrogens is 504 g/mol. The van der Waals surface area contributed by atoms with E-state index in [1.165, 1.54) is 106 Å². The lowest BCUT2D eigenvalue weighted by Gasteiger charge is -2.23. The molecule has 0 unspecified atom stereocenters. The standard InChI is InChI=1S/C35H56N6/c1-3-12-34-32(10-1)33-11-2-4-13-35(33)41(34)27-9-26-40(24-7-22-36-18-5-20-38-28-30-14-15-30)25-8-23-37-19-6-21-39-29-31-16-17-31/h1-4,10-13,30-31,36-39H,5-9,14-29H2. The third-order valence-electron chi connectivity index (χ3n) is 8.87. The molecule has 2 aliphatic carbocycles. The highest BCUT2D eigenvalue weighted by atomic mass is 15.1. The Kier molecular flexibility index (Phi) is 12.8. The summed E-state index contributed by atoms with van der Waals surface area (Å²) in [7, 11) is 0. The molecule has 2 fully saturated rings. The molecule has 4 N–H and O–H groups in total. The predicted molar refractivity (Wildman–Crippen MR) is 176 cm³/mol. The van der Waals surface area contributed by atoms with E-state index in [9.17, 15) is 0 Å². The number of para-hydroxylation sites is 2. The minimum atomic E-state index is 0.980. The van der Waals surface area contributed by atoms with Crippen molar-refractivity contribution in [1.29, 1.82) is 0 Å². The van der Waals surface area contributed by atoms with Gasteiger partial charge in [-0.15, -0.1) is 0 Å². The lowest BCUT2D eigenvalue weighted by Crippen LogP contribution is -2.32. The van der Waals surface area contributed by atoms with Crippen LogP contribution in [0.5, 0.6) is 0 Å². The van der Waals surface area contributed by atoms with Crippen molar-refractivity contribution in [1.82, 2.24) is 30.7 Å². The van der Waals surface area contributed by atoms with E-state index in [1.54, 1.807) is 0 Å². The van der Waals surface area contributed by atoms with Gasteiger partial charge in [0.15, 0.2) is 0 Å². The van der Waals surface area contributed by atoms with Gasteiger partial charge in [-0.3, -0.25) is 0 Å². The van der Waals surface area contributed by atoms with Crippen molar-refractivity contribution in [3.8, 4) is 0 Å². The molecule has 0 spiro atoms. The first-order chi connectivity index (χ1) is 20.4. The molecular formula is C35H56N6. The molecule has 6 nitrogen and oxygen atoms in total. The van der Waals surface area contributed by atoms with E-state index >= 15 is 0 Å². The highest BCUT2D eigenvalue weighted by Gasteiger charge is 2.20. The summed E-state index contributed by atoms with van der Waals surface area (Å²) in [4.78, 5) is 2.71. The van der Waals surface area contributed by atoms with Crippen LogP contribution in [0.15, 0.2) is 48.5 Å². The van der Waals surface area contributed by atoms with Crippen molar-refractivity contribution in [3.05, 3.63) is 48.5 Å². The number of aryl methyl sites for hydroxylation is 1. The average Bonchev–Trinajstić information content (AvgIpc) is 3.94. The summed E-state index contributed by atoms with van der Waals surface area (Å²) in [5, 5.41) is 17.3. The van der Waals surface area contributed by atoms with E-state index in [-0.39, 0.29) is 0 Å². The van der Waals surface area contributed by atoms with Crippen molar-refractivity contribution in [2.45, 2.75) is 64.3 Å². The summed E-state index contributed by atoms with van der Waals surface area (Å²) in [6.45, 7) is 13.9. The highest BCUT2D eigenvalue weighted by molar-refractivity contribution is 6.07. The van der Waals surface area contributed by atoms with Gasteiger partial charge in [0.25, 0.3) is 0 Å². The summed E-state index contributed by atoms with van der Waals surface area (Å²) in [5.74, 6) is 1.96. The van der Waals surface area contributed by atoms with Crippen LogP contribution in [0, 0.1) is 11.8 Å². The van der Waals surface area contributed by atoms with E-state index in [0.717, 1.165) is 64.2 Å². The zero-order chi connectivity index (χ0) is 28.0. The Morgan fingerprint density at radius 1 is 0.537 bits per heavy atom. The average molecular weight is 561 g/mol. The van der Waals surface area contributed by atoms with Crippen molar-refractivity contribution in [2.24, 2.45) is 11.8 Å². The van der Waals surface area contributed by atoms with Gasteiger partial charge in [-0.05, 0) is 154 Å². The van der Waals surface area contributed by atoms with Crippen LogP contribution in [-0.2, 0) is 6.54 Å². The summed E-state index contributed by atoms with van der Waals surface area (Å²) in [6, 6.07) is 17.8. The SMILES string of the molecule is c1ccc2c(c1)c1ccccc1n2CCCN(CCCNCCCNCC1CC1)CCCNCCCNCC1CC1. The maximum atomic E-state index is 3.69. The van der Waals surface area contributed by atoms with Crippen LogP contribution < -0.4 is 21.3 Å². The topological polar surface area (TPSA) is 56.3 Å². The first-order valence-electron chi connectivity index (χ1n) is 16.9. The molecule has 0 amide bonds. The summed E-state index contributed by atoms with van der Waals surface area (Å²) >= 11 is 0. The summed E-state index contributed by atoms with van der Waals surface area (Å²) in [5.41, 5.74) is 2.73. The maximum Gasteiger partial charge on any atom is 0.0491 e. The number of benzene rings is 2. The zero-order valence-electron chi connectivity index (χ0n) is 25.5. The van der Waals surface area contributed by atoms with Gasteiger partial charge < -0.3 is 30.7 Å². The maximum absolute atomic E-state index is 3.69. The molecule has 226 valence electrons. The molecule has 3 aromatic rings. The molecule has 2 saturated carbocycles. The third-order valence-corrected chi connectivity index (χ3v) is 8.87. The van der Waals surface area contributed by atoms with E-state index in [0.29, 0.717) is 0 Å². The van der Waals surface area contributed by atoms with Gasteiger partial charge in [0.1, 0.15) is 0 Å². The van der Waals surface area contributed by atoms with Crippen LogP contribution >= 0.6 is 0 Å². The highest BCUT2D eigenvalue weighted by Crippen LogP contribution is 2.29. The third kappa shape index (κ3) is 10.7. The largest absolute Gasteiger partial charge is 0.340 e. The molecule has 0 atom stereocenters. The van der Waals surface area contributed by atoms with Gasteiger partial charge in [-0.2, -0.15) is 0 Å². The molecule has 0 radical (unpaired) electrons. The zero-order valence-corrected chi connectivity index (χ0v) is 25.5. The number of aromatic nitrogens is 1. The molecule has 1 heterocycles. The molecule has 0 aliphatic heterocycles. The van der Waals surface area contributed by atoms with Gasteiger partial charge in [-0.25, -0.2) is 0 Å². The van der Waals surface area contributed by atoms with E-state index in [4.69, 9.17) is 0 Å². The molecule has 5 rings (SSSR count). The Bertz CT molecular complexity index is 1050. The van der Waals surface area contributed by atoms with Crippen LogP contribution in [0.4, 0.5) is 0 Å². The minimum absolute atomic E-state index is 0.980. The van der Waals surface area contributed by atoms with Crippen molar-refractivity contribution >= 4 is 21.8 Å². The van der Waals surface area contributed by atoms with E-state index in [2.05, 4.69) is 79.3 Å². The van der Waals surface area contributed by atoms with Gasteiger partial charge in [0.2, 0.25) is 0 Å². The monoisotopic (exact) mass is 560 g/mol. The molecule has 0 saturated heterocycles. The molecule has 1 aromatic heterocycles. The second-order valence-corrected chi connectivity index (χ2v) is 12.6. The van der Waals surface area contributed by atoms with Crippen LogP contribution in [0.2, 0.25) is 0 Å². The van der Waals surface area contributed by atoms with Crippen molar-refractivity contribution in [3.63, 3.8) is 0 Å². The van der Waals surface area contributed by atoms with E-state index < -0.39 is 0 Å². The number of nitrogens with zero attached hydrogens (tertiary/aromatic N) is 2. The van der Waals surface area contributed by atoms with Crippen molar-refractivity contribution in [2.75, 3.05) is 72.0 Å². The molecule has 0 bridgehead atoms. The fraction of sp³-hybridized carbons (Fsp3) is 0.657. The van der Waals surface area contributed by atoms with Gasteiger partial charge in [0, 0.05) is 28.4 Å². The first kappa shape index (κ1) is 30.5. The van der Waals surface area contributed by atoms with Gasteiger partial charge in [0.05, 0.1) is 0 Å². The normalized spacial score (nSPS) is 15.5. The quantitative estimate of drug-likeness (QED) is 0.113. The van der Waals surface area contributed by atoms with Crippen LogP contribution in [-0.4, -0.2) is 81.5 Å². The van der Waals surface area contributed by atoms with Crippen molar-refractivity contribution < 1.29 is 0 Å². The van der Waals surface area contributed by atoms with Crippen LogP contribution in [0.3, 0.4) is 0 Å². The Hall–Kier alpha value is -1.96. The van der Waals surface area contributed by atoms with Crippen LogP contribution in [0.25, 0.3) is 21.8 Å². The fourth-order valence-electron chi connectivity index (χ4n) is 6.07. The number of fused-ring (bicyclic) bond motifs is 3. The predicted octanol–water partition coefficient (Wildman–Crippen LogP) is 5.23. The Labute approximate surface area is 249 Å². The smallest absolute Gasteiger partial charge is 0.0491 e. The molecule has 6 heteroatoms. The molecule has 41 heavy (non-hydrogen) atoms. The number of rotatable bonds is 24. The second-order valence-electron chi connectivity index (χ2n) is 12.6. The Morgan fingerprint density at radius 2 is 0.976 bits per heavy atom. The Balaban J connectivity index is 1.01. The van der Waals surface area contributed by atoms with Gasteiger partial charge >= 0.3 is 0 Å². The number of hydrogen-bond acceptors (Lipinski definition) is 5. The molecule has 2 aromatic carbocycles. The lowest BCUT2D eigenvalue weighted by molar-refractivity contribution is 0.257. The molecule has 2 aliphatic rings. The number of nitrogens with one attached hydrogen (secondary N) is 4. The summed E-state index contributed by atoms with van der Waals surface area (Å²) < 4.78 is 2.54. The second kappa shape index (κ2) is 17.2. The van der Waals surface area contributed by atoms with Crippen LogP contribution in [0.1, 0.15) is 57.8 Å².